The van der Waals surface area contributed by atoms with E-state index in [1.165, 1.54) is 19.4 Å². The van der Waals surface area contributed by atoms with Crippen molar-refractivity contribution in [2.24, 2.45) is 5.92 Å². The molecule has 2 heterocycles. The summed E-state index contributed by atoms with van der Waals surface area (Å²) < 4.78 is 0. The summed E-state index contributed by atoms with van der Waals surface area (Å²) in [4.78, 5) is 4.75. The molecule has 0 unspecified atom stereocenters. The third-order valence-electron chi connectivity index (χ3n) is 4.43. The lowest BCUT2D eigenvalue weighted by molar-refractivity contribution is 0.247. The molecule has 0 atom stereocenters. The Balaban J connectivity index is 1.71. The molecule has 1 aromatic rings. The number of nitrogens with zero attached hydrogens (tertiary/aromatic N) is 5. The number of nitriles is 1. The van der Waals surface area contributed by atoms with Crippen molar-refractivity contribution in [3.8, 4) is 6.07 Å². The highest BCUT2D eigenvalue weighted by molar-refractivity contribution is 5.57. The zero-order chi connectivity index (χ0) is 14.1. The Morgan fingerprint density at radius 1 is 1.15 bits per heavy atom. The van der Waals surface area contributed by atoms with E-state index < -0.39 is 0 Å². The van der Waals surface area contributed by atoms with Crippen LogP contribution in [0, 0.1) is 31.1 Å². The molecule has 2 fully saturated rings. The lowest BCUT2D eigenvalue weighted by atomic mass is 10.1. The molecule has 0 N–H and O–H groups in total. The molecule has 1 saturated heterocycles. The van der Waals surface area contributed by atoms with Crippen molar-refractivity contribution in [1.29, 1.82) is 5.26 Å². The van der Waals surface area contributed by atoms with Gasteiger partial charge in [0, 0.05) is 32.7 Å². The van der Waals surface area contributed by atoms with Crippen molar-refractivity contribution in [2.45, 2.75) is 26.7 Å². The average molecular weight is 271 g/mol. The van der Waals surface area contributed by atoms with Crippen molar-refractivity contribution in [3.63, 3.8) is 0 Å². The maximum Gasteiger partial charge on any atom is 0.169 e. The van der Waals surface area contributed by atoms with Gasteiger partial charge in [0.25, 0.3) is 0 Å². The summed E-state index contributed by atoms with van der Waals surface area (Å²) in [5.74, 6) is 1.71. The Bertz CT molecular complexity index is 536. The number of hydrogen-bond donors (Lipinski definition) is 0. The minimum absolute atomic E-state index is 0.688. The molecule has 3 rings (SSSR count). The molecule has 0 amide bonds. The predicted octanol–water partition coefficient (Wildman–Crippen LogP) is 1.50. The van der Waals surface area contributed by atoms with E-state index in [0.29, 0.717) is 5.56 Å². The van der Waals surface area contributed by atoms with Gasteiger partial charge >= 0.3 is 0 Å². The van der Waals surface area contributed by atoms with E-state index in [2.05, 4.69) is 26.1 Å². The fourth-order valence-electron chi connectivity index (χ4n) is 2.76. The molecular weight excluding hydrogens is 250 g/mol. The maximum atomic E-state index is 9.38. The number of anilines is 1. The van der Waals surface area contributed by atoms with Gasteiger partial charge < -0.3 is 4.90 Å². The zero-order valence-electron chi connectivity index (χ0n) is 12.3. The predicted molar refractivity (Wildman–Crippen MR) is 77.6 cm³/mol. The number of rotatable bonds is 3. The van der Waals surface area contributed by atoms with Crippen LogP contribution in [-0.4, -0.2) is 47.8 Å². The number of aromatic nitrogens is 2. The van der Waals surface area contributed by atoms with Gasteiger partial charge in [-0.1, -0.05) is 0 Å². The van der Waals surface area contributed by atoms with Crippen LogP contribution in [0.15, 0.2) is 0 Å². The smallest absolute Gasteiger partial charge is 0.169 e. The summed E-state index contributed by atoms with van der Waals surface area (Å²) in [6, 6.07) is 2.30. The van der Waals surface area contributed by atoms with Crippen LogP contribution in [0.2, 0.25) is 0 Å². The Morgan fingerprint density at radius 3 is 2.45 bits per heavy atom. The highest BCUT2D eigenvalue weighted by Crippen LogP contribution is 2.30. The molecule has 106 valence electrons. The standard InChI is InChI=1S/C15H21N5/c1-11-12(2)17-18-15(14(11)9-16)20-7-5-19(6-8-20)10-13-3-4-13/h13H,3-8,10H2,1-2H3. The molecule has 20 heavy (non-hydrogen) atoms. The molecule has 1 saturated carbocycles. The number of aryl methyl sites for hydroxylation is 1. The lowest BCUT2D eigenvalue weighted by Gasteiger charge is -2.35. The second-order valence-electron chi connectivity index (χ2n) is 5.95. The first-order valence-corrected chi connectivity index (χ1v) is 7.40. The van der Waals surface area contributed by atoms with Crippen molar-refractivity contribution >= 4 is 5.82 Å². The van der Waals surface area contributed by atoms with Crippen molar-refractivity contribution < 1.29 is 0 Å². The van der Waals surface area contributed by atoms with Gasteiger partial charge in [0.1, 0.15) is 11.6 Å². The zero-order valence-corrected chi connectivity index (χ0v) is 12.3. The first kappa shape index (κ1) is 13.3. The molecule has 1 aliphatic heterocycles. The van der Waals surface area contributed by atoms with Gasteiger partial charge in [-0.3, -0.25) is 4.90 Å². The van der Waals surface area contributed by atoms with Gasteiger partial charge in [0.15, 0.2) is 5.82 Å². The van der Waals surface area contributed by atoms with Gasteiger partial charge in [0.05, 0.1) is 5.69 Å². The van der Waals surface area contributed by atoms with Crippen molar-refractivity contribution in [2.75, 3.05) is 37.6 Å². The Kier molecular flexibility index (Phi) is 3.58. The molecule has 0 bridgehead atoms. The number of piperazine rings is 1. The Labute approximate surface area is 120 Å². The van der Waals surface area contributed by atoms with Gasteiger partial charge in [-0.25, -0.2) is 0 Å². The van der Waals surface area contributed by atoms with E-state index in [4.69, 9.17) is 0 Å². The van der Waals surface area contributed by atoms with Crippen molar-refractivity contribution in [1.82, 2.24) is 15.1 Å². The van der Waals surface area contributed by atoms with E-state index in [1.54, 1.807) is 0 Å². The normalized spacial score (nSPS) is 19.9. The van der Waals surface area contributed by atoms with E-state index >= 15 is 0 Å². The average Bonchev–Trinajstić information content (AvgIpc) is 3.27. The third-order valence-corrected chi connectivity index (χ3v) is 4.43. The van der Waals surface area contributed by atoms with Gasteiger partial charge in [-0.2, -0.15) is 10.4 Å². The fraction of sp³-hybridized carbons (Fsp3) is 0.667. The summed E-state index contributed by atoms with van der Waals surface area (Å²) >= 11 is 0. The summed E-state index contributed by atoms with van der Waals surface area (Å²) in [5.41, 5.74) is 2.49. The second kappa shape index (κ2) is 5.37. The van der Waals surface area contributed by atoms with E-state index in [-0.39, 0.29) is 0 Å². The van der Waals surface area contributed by atoms with Crippen molar-refractivity contribution in [3.05, 3.63) is 16.8 Å². The summed E-state index contributed by atoms with van der Waals surface area (Å²) in [6.07, 6.45) is 2.81. The minimum Gasteiger partial charge on any atom is -0.351 e. The van der Waals surface area contributed by atoms with Crippen LogP contribution in [0.1, 0.15) is 29.7 Å². The number of hydrogen-bond acceptors (Lipinski definition) is 5. The monoisotopic (exact) mass is 271 g/mol. The Hall–Kier alpha value is -1.67. The first-order chi connectivity index (χ1) is 9.69. The van der Waals surface area contributed by atoms with Gasteiger partial charge in [-0.15, -0.1) is 5.10 Å². The molecule has 1 aromatic heterocycles. The topological polar surface area (TPSA) is 56.1 Å². The quantitative estimate of drug-likeness (QED) is 0.834. The molecular formula is C15H21N5. The van der Waals surface area contributed by atoms with Gasteiger partial charge in [-0.05, 0) is 38.2 Å². The van der Waals surface area contributed by atoms with E-state index in [0.717, 1.165) is 49.2 Å². The third kappa shape index (κ3) is 2.61. The highest BCUT2D eigenvalue weighted by Gasteiger charge is 2.27. The molecule has 0 aromatic carbocycles. The van der Waals surface area contributed by atoms with E-state index in [9.17, 15) is 5.26 Å². The SMILES string of the molecule is Cc1nnc(N2CCN(CC3CC3)CC2)c(C#N)c1C. The largest absolute Gasteiger partial charge is 0.351 e. The van der Waals surface area contributed by atoms with Crippen LogP contribution in [-0.2, 0) is 0 Å². The second-order valence-corrected chi connectivity index (χ2v) is 5.95. The molecule has 0 radical (unpaired) electrons. The fourth-order valence-corrected chi connectivity index (χ4v) is 2.76. The van der Waals surface area contributed by atoms with Crippen LogP contribution < -0.4 is 4.90 Å². The first-order valence-electron chi connectivity index (χ1n) is 7.40. The van der Waals surface area contributed by atoms with Gasteiger partial charge in [0.2, 0.25) is 0 Å². The Morgan fingerprint density at radius 2 is 1.85 bits per heavy atom. The van der Waals surface area contributed by atoms with Crippen LogP contribution >= 0.6 is 0 Å². The summed E-state index contributed by atoms with van der Waals surface area (Å²) in [7, 11) is 0. The summed E-state index contributed by atoms with van der Waals surface area (Å²) in [6.45, 7) is 9.12. The van der Waals surface area contributed by atoms with Crippen LogP contribution in [0.4, 0.5) is 5.82 Å². The molecule has 1 aliphatic carbocycles. The van der Waals surface area contributed by atoms with Crippen LogP contribution in [0.5, 0.6) is 0 Å². The van der Waals surface area contributed by atoms with Crippen LogP contribution in [0.3, 0.4) is 0 Å². The molecule has 5 nitrogen and oxygen atoms in total. The minimum atomic E-state index is 0.688. The molecule has 2 aliphatic rings. The maximum absolute atomic E-state index is 9.38. The molecule has 0 spiro atoms. The molecule has 5 heteroatoms. The lowest BCUT2D eigenvalue weighted by Crippen LogP contribution is -2.47. The highest BCUT2D eigenvalue weighted by atomic mass is 15.3. The van der Waals surface area contributed by atoms with Crippen LogP contribution in [0.25, 0.3) is 0 Å². The summed E-state index contributed by atoms with van der Waals surface area (Å²) in [5, 5.41) is 17.8. The van der Waals surface area contributed by atoms with E-state index in [1.807, 2.05) is 13.8 Å².